The lowest BCUT2D eigenvalue weighted by molar-refractivity contribution is -0.124. The molecule has 1 fully saturated rings. The number of fused-ring (bicyclic) bond motifs is 2. The number of anilines is 2. The van der Waals surface area contributed by atoms with Crippen molar-refractivity contribution in [2.75, 3.05) is 23.1 Å². The van der Waals surface area contributed by atoms with Crippen molar-refractivity contribution in [3.63, 3.8) is 0 Å². The van der Waals surface area contributed by atoms with Crippen molar-refractivity contribution >= 4 is 35.0 Å². The number of thioether (sulfide) groups is 1. The molecule has 24 heavy (non-hydrogen) atoms. The van der Waals surface area contributed by atoms with Gasteiger partial charge in [-0.1, -0.05) is 18.2 Å². The highest BCUT2D eigenvalue weighted by Crippen LogP contribution is 2.52. The Hall–Kier alpha value is -2.47. The first kappa shape index (κ1) is 15.1. The van der Waals surface area contributed by atoms with E-state index in [1.165, 1.54) is 11.8 Å². The van der Waals surface area contributed by atoms with E-state index in [2.05, 4.69) is 5.32 Å². The molecular formula is C18H16N2O3S. The molecule has 2 aromatic rings. The number of benzene rings is 2. The lowest BCUT2D eigenvalue weighted by Crippen LogP contribution is -2.54. The Morgan fingerprint density at radius 2 is 1.88 bits per heavy atom. The number of amides is 2. The molecule has 5 nitrogen and oxygen atoms in total. The van der Waals surface area contributed by atoms with Crippen LogP contribution in [0.15, 0.2) is 48.5 Å². The molecule has 4 rings (SSSR count). The Morgan fingerprint density at radius 1 is 1.12 bits per heavy atom. The summed E-state index contributed by atoms with van der Waals surface area (Å²) in [7, 11) is 1.60. The van der Waals surface area contributed by atoms with Gasteiger partial charge in [-0.15, -0.1) is 11.8 Å². The van der Waals surface area contributed by atoms with Crippen molar-refractivity contribution in [1.82, 2.24) is 0 Å². The third kappa shape index (κ3) is 2.03. The second-order valence-electron chi connectivity index (χ2n) is 5.67. The molecule has 2 aliphatic rings. The van der Waals surface area contributed by atoms with Gasteiger partial charge in [-0.2, -0.15) is 0 Å². The molecule has 0 aliphatic carbocycles. The van der Waals surface area contributed by atoms with Crippen molar-refractivity contribution in [2.24, 2.45) is 0 Å². The highest BCUT2D eigenvalue weighted by Gasteiger charge is 2.56. The van der Waals surface area contributed by atoms with Crippen LogP contribution >= 0.6 is 11.8 Å². The number of rotatable bonds is 2. The standard InChI is InChI=1S/C18H16N2O3S/c1-23-13-8-6-12(7-9-13)20-16(21)10-11-24-18(20)14-4-2-3-5-15(14)19-17(18)22/h2-9H,10-11H2,1H3,(H,19,22)/t18-/m1/s1. The van der Waals surface area contributed by atoms with E-state index < -0.39 is 4.87 Å². The number of hydrogen-bond donors (Lipinski definition) is 1. The SMILES string of the molecule is COc1ccc(N2C(=O)CCS[C@]23C(=O)Nc2ccccc23)cc1. The summed E-state index contributed by atoms with van der Waals surface area (Å²) in [6.45, 7) is 0. The first-order valence-electron chi connectivity index (χ1n) is 7.69. The zero-order valence-electron chi connectivity index (χ0n) is 13.1. The van der Waals surface area contributed by atoms with Crippen molar-refractivity contribution in [2.45, 2.75) is 11.3 Å². The van der Waals surface area contributed by atoms with Crippen LogP contribution in [-0.2, 0) is 14.5 Å². The van der Waals surface area contributed by atoms with Gasteiger partial charge in [-0.3, -0.25) is 14.5 Å². The average molecular weight is 340 g/mol. The van der Waals surface area contributed by atoms with E-state index in [1.807, 2.05) is 36.4 Å². The molecule has 1 atom stereocenters. The van der Waals surface area contributed by atoms with Gasteiger partial charge < -0.3 is 10.1 Å². The number of methoxy groups -OCH3 is 1. The minimum absolute atomic E-state index is 0.0502. The van der Waals surface area contributed by atoms with Gasteiger partial charge in [-0.05, 0) is 30.3 Å². The van der Waals surface area contributed by atoms with Gasteiger partial charge in [-0.25, -0.2) is 0 Å². The highest BCUT2D eigenvalue weighted by atomic mass is 32.2. The second-order valence-corrected chi connectivity index (χ2v) is 6.96. The van der Waals surface area contributed by atoms with Crippen LogP contribution in [0.1, 0.15) is 12.0 Å². The smallest absolute Gasteiger partial charge is 0.266 e. The molecule has 2 aromatic carbocycles. The summed E-state index contributed by atoms with van der Waals surface area (Å²) in [5.74, 6) is 1.11. The zero-order chi connectivity index (χ0) is 16.7. The molecular weight excluding hydrogens is 324 g/mol. The van der Waals surface area contributed by atoms with Crippen molar-refractivity contribution in [3.05, 3.63) is 54.1 Å². The van der Waals surface area contributed by atoms with Gasteiger partial charge in [0.2, 0.25) is 10.8 Å². The predicted octanol–water partition coefficient (Wildman–Crippen LogP) is 2.97. The summed E-state index contributed by atoms with van der Waals surface area (Å²) >= 11 is 1.50. The molecule has 2 aliphatic heterocycles. The Balaban J connectivity index is 1.89. The molecule has 1 N–H and O–H groups in total. The fraction of sp³-hybridized carbons (Fsp3) is 0.222. The van der Waals surface area contributed by atoms with E-state index in [9.17, 15) is 9.59 Å². The van der Waals surface area contributed by atoms with Crippen LogP contribution in [0.5, 0.6) is 5.75 Å². The first-order chi connectivity index (χ1) is 11.7. The van der Waals surface area contributed by atoms with E-state index in [1.54, 1.807) is 24.1 Å². The minimum Gasteiger partial charge on any atom is -0.497 e. The highest BCUT2D eigenvalue weighted by molar-refractivity contribution is 8.01. The Bertz CT molecular complexity index is 821. The van der Waals surface area contributed by atoms with E-state index in [-0.39, 0.29) is 11.8 Å². The van der Waals surface area contributed by atoms with Gasteiger partial charge in [0, 0.05) is 29.1 Å². The van der Waals surface area contributed by atoms with E-state index in [0.717, 1.165) is 11.3 Å². The Kier molecular flexibility index (Phi) is 3.49. The van der Waals surface area contributed by atoms with Gasteiger partial charge in [0.15, 0.2) is 0 Å². The van der Waals surface area contributed by atoms with Crippen LogP contribution in [0.4, 0.5) is 11.4 Å². The molecule has 0 unspecified atom stereocenters. The third-order valence-electron chi connectivity index (χ3n) is 4.37. The van der Waals surface area contributed by atoms with Crippen LogP contribution < -0.4 is 15.0 Å². The molecule has 1 spiro atoms. The molecule has 0 saturated carbocycles. The molecule has 122 valence electrons. The number of nitrogens with zero attached hydrogens (tertiary/aromatic N) is 1. The monoisotopic (exact) mass is 340 g/mol. The number of carbonyl (C=O) groups excluding carboxylic acids is 2. The minimum atomic E-state index is -1.04. The van der Waals surface area contributed by atoms with Crippen molar-refractivity contribution < 1.29 is 14.3 Å². The zero-order valence-corrected chi connectivity index (χ0v) is 13.9. The molecule has 0 aromatic heterocycles. The fourth-order valence-corrected chi connectivity index (χ4v) is 4.70. The van der Waals surface area contributed by atoms with Gasteiger partial charge in [0.1, 0.15) is 5.75 Å². The van der Waals surface area contributed by atoms with Gasteiger partial charge in [0.25, 0.3) is 5.91 Å². The number of para-hydroxylation sites is 1. The molecule has 0 bridgehead atoms. The Labute approximate surface area is 144 Å². The molecule has 2 heterocycles. The quantitative estimate of drug-likeness (QED) is 0.913. The maximum absolute atomic E-state index is 12.9. The van der Waals surface area contributed by atoms with Crippen LogP contribution in [0, 0.1) is 0 Å². The van der Waals surface area contributed by atoms with Crippen molar-refractivity contribution in [3.8, 4) is 5.75 Å². The molecule has 6 heteroatoms. The largest absolute Gasteiger partial charge is 0.497 e. The lowest BCUT2D eigenvalue weighted by atomic mass is 10.0. The van der Waals surface area contributed by atoms with Crippen LogP contribution in [-0.4, -0.2) is 24.7 Å². The number of nitrogens with one attached hydrogen (secondary N) is 1. The maximum atomic E-state index is 12.9. The van der Waals surface area contributed by atoms with Crippen molar-refractivity contribution in [1.29, 1.82) is 0 Å². The summed E-state index contributed by atoms with van der Waals surface area (Å²) in [5, 5.41) is 2.92. The summed E-state index contributed by atoms with van der Waals surface area (Å²) < 4.78 is 5.19. The van der Waals surface area contributed by atoms with Crippen LogP contribution in [0.3, 0.4) is 0 Å². The van der Waals surface area contributed by atoms with Crippen LogP contribution in [0.25, 0.3) is 0 Å². The number of ether oxygens (including phenoxy) is 1. The third-order valence-corrected chi connectivity index (χ3v) is 5.78. The molecule has 1 saturated heterocycles. The average Bonchev–Trinajstić information content (AvgIpc) is 2.88. The Morgan fingerprint density at radius 3 is 2.62 bits per heavy atom. The lowest BCUT2D eigenvalue weighted by Gasteiger charge is -2.42. The normalized spacial score (nSPS) is 22.5. The summed E-state index contributed by atoms with van der Waals surface area (Å²) in [4.78, 5) is 26.3. The van der Waals surface area contributed by atoms with Crippen LogP contribution in [0.2, 0.25) is 0 Å². The van der Waals surface area contributed by atoms with E-state index in [4.69, 9.17) is 4.74 Å². The fourth-order valence-electron chi connectivity index (χ4n) is 3.28. The first-order valence-corrected chi connectivity index (χ1v) is 8.67. The molecule has 2 amide bonds. The second kappa shape index (κ2) is 5.56. The topological polar surface area (TPSA) is 58.6 Å². The number of hydrogen-bond acceptors (Lipinski definition) is 4. The summed E-state index contributed by atoms with van der Waals surface area (Å²) in [6, 6.07) is 14.8. The predicted molar refractivity (Wildman–Crippen MR) is 94.3 cm³/mol. The maximum Gasteiger partial charge on any atom is 0.266 e. The molecule has 0 radical (unpaired) electrons. The van der Waals surface area contributed by atoms with Gasteiger partial charge in [0.05, 0.1) is 7.11 Å². The van der Waals surface area contributed by atoms with E-state index in [0.29, 0.717) is 23.6 Å². The summed E-state index contributed by atoms with van der Waals surface area (Å²) in [5.41, 5.74) is 2.30. The summed E-state index contributed by atoms with van der Waals surface area (Å²) in [6.07, 6.45) is 0.411. The number of carbonyl (C=O) groups is 2. The van der Waals surface area contributed by atoms with Gasteiger partial charge >= 0.3 is 0 Å². The van der Waals surface area contributed by atoms with E-state index >= 15 is 0 Å².